The number of hydrogen-bond donors (Lipinski definition) is 3. The zero-order valence-electron chi connectivity index (χ0n) is 10.5. The Kier molecular flexibility index (Phi) is 4.89. The Morgan fingerprint density at radius 1 is 1.65 bits per heavy atom. The first-order chi connectivity index (χ1) is 8.04. The second kappa shape index (κ2) is 6.19. The first-order valence-corrected chi connectivity index (χ1v) is 5.71. The summed E-state index contributed by atoms with van der Waals surface area (Å²) in [6.07, 6.45) is 1.09. The molecule has 96 valence electrons. The lowest BCUT2D eigenvalue weighted by atomic mass is 10.2. The summed E-state index contributed by atoms with van der Waals surface area (Å²) in [6, 6.07) is 0.507. The highest BCUT2D eigenvalue weighted by molar-refractivity contribution is 5.90. The van der Waals surface area contributed by atoms with Gasteiger partial charge in [-0.25, -0.2) is 0 Å². The third kappa shape index (κ3) is 4.03. The van der Waals surface area contributed by atoms with E-state index in [1.165, 1.54) is 0 Å². The summed E-state index contributed by atoms with van der Waals surface area (Å²) in [5, 5.41) is 8.81. The molecule has 4 N–H and O–H groups in total. The van der Waals surface area contributed by atoms with Crippen molar-refractivity contribution in [3.8, 4) is 0 Å². The first kappa shape index (κ1) is 13.4. The zero-order chi connectivity index (χ0) is 12.8. The van der Waals surface area contributed by atoms with Gasteiger partial charge < -0.3 is 16.0 Å². The lowest BCUT2D eigenvalue weighted by Gasteiger charge is -2.23. The van der Waals surface area contributed by atoms with E-state index >= 15 is 0 Å². The highest BCUT2D eigenvalue weighted by Gasteiger charge is 2.11. The van der Waals surface area contributed by atoms with Gasteiger partial charge >= 0.3 is 0 Å². The molecule has 1 unspecified atom stereocenters. The number of hydrogen-bond acceptors (Lipinski definition) is 5. The van der Waals surface area contributed by atoms with E-state index in [1.807, 2.05) is 7.05 Å². The summed E-state index contributed by atoms with van der Waals surface area (Å²) >= 11 is 0. The van der Waals surface area contributed by atoms with E-state index in [0.29, 0.717) is 12.6 Å². The molecule has 1 heterocycles. The number of amides is 1. The van der Waals surface area contributed by atoms with Crippen molar-refractivity contribution in [2.45, 2.75) is 26.3 Å². The summed E-state index contributed by atoms with van der Waals surface area (Å²) < 4.78 is 0. The predicted octanol–water partition coefficient (Wildman–Crippen LogP) is -0.153. The highest BCUT2D eigenvalue weighted by atomic mass is 16.2. The quantitative estimate of drug-likeness (QED) is 0.642. The minimum Gasteiger partial charge on any atom is -0.366 e. The van der Waals surface area contributed by atoms with Crippen LogP contribution < -0.4 is 11.1 Å². The molecular weight excluding hydrogens is 220 g/mol. The van der Waals surface area contributed by atoms with Crippen LogP contribution in [0.25, 0.3) is 0 Å². The Hall–Kier alpha value is -1.63. The van der Waals surface area contributed by atoms with Crippen molar-refractivity contribution in [1.82, 2.24) is 25.4 Å². The molecule has 17 heavy (non-hydrogen) atoms. The number of aromatic amines is 1. The van der Waals surface area contributed by atoms with Gasteiger partial charge in [-0.15, -0.1) is 5.10 Å². The summed E-state index contributed by atoms with van der Waals surface area (Å²) in [4.78, 5) is 17.5. The van der Waals surface area contributed by atoms with Crippen molar-refractivity contribution in [2.24, 2.45) is 0 Å². The first-order valence-electron chi connectivity index (χ1n) is 5.71. The maximum atomic E-state index is 11.6. The van der Waals surface area contributed by atoms with Crippen LogP contribution in [-0.2, 0) is 0 Å². The summed E-state index contributed by atoms with van der Waals surface area (Å²) in [5.41, 5.74) is 5.31. The number of aromatic nitrogens is 3. The Labute approximate surface area is 101 Å². The van der Waals surface area contributed by atoms with E-state index < -0.39 is 0 Å². The van der Waals surface area contributed by atoms with Gasteiger partial charge in [-0.05, 0) is 20.4 Å². The average molecular weight is 240 g/mol. The van der Waals surface area contributed by atoms with Gasteiger partial charge in [-0.2, -0.15) is 4.98 Å². The van der Waals surface area contributed by atoms with Crippen molar-refractivity contribution in [2.75, 3.05) is 25.9 Å². The number of nitrogens with zero attached hydrogens (tertiary/aromatic N) is 3. The Morgan fingerprint density at radius 2 is 2.35 bits per heavy atom. The van der Waals surface area contributed by atoms with E-state index in [9.17, 15) is 4.79 Å². The van der Waals surface area contributed by atoms with Crippen molar-refractivity contribution in [3.63, 3.8) is 0 Å². The molecule has 1 aromatic heterocycles. The van der Waals surface area contributed by atoms with Crippen LogP contribution in [0.15, 0.2) is 0 Å². The fourth-order valence-corrected chi connectivity index (χ4v) is 1.34. The molecule has 0 aliphatic heterocycles. The fourth-order valence-electron chi connectivity index (χ4n) is 1.34. The van der Waals surface area contributed by atoms with Crippen molar-refractivity contribution in [3.05, 3.63) is 5.82 Å². The summed E-state index contributed by atoms with van der Waals surface area (Å²) in [5.74, 6) is -0.0627. The largest absolute Gasteiger partial charge is 0.366 e. The maximum absolute atomic E-state index is 11.6. The molecular formula is C10H20N6O. The number of H-pyrrole nitrogens is 1. The maximum Gasteiger partial charge on any atom is 0.288 e. The summed E-state index contributed by atoms with van der Waals surface area (Å²) in [7, 11) is 2.03. The van der Waals surface area contributed by atoms with E-state index in [4.69, 9.17) is 5.73 Å². The predicted molar refractivity (Wildman–Crippen MR) is 65.5 cm³/mol. The average Bonchev–Trinajstić information content (AvgIpc) is 2.74. The zero-order valence-corrected chi connectivity index (χ0v) is 10.5. The molecule has 0 aromatic carbocycles. The van der Waals surface area contributed by atoms with Crippen LogP contribution in [0.3, 0.4) is 0 Å². The van der Waals surface area contributed by atoms with Crippen LogP contribution in [0.4, 0.5) is 5.95 Å². The molecule has 0 saturated heterocycles. The normalized spacial score (nSPS) is 12.7. The van der Waals surface area contributed by atoms with Crippen molar-refractivity contribution < 1.29 is 4.79 Å². The molecule has 0 aliphatic rings. The third-order valence-corrected chi connectivity index (χ3v) is 2.81. The fraction of sp³-hybridized carbons (Fsp3) is 0.700. The number of carbonyl (C=O) groups excluding carboxylic acids is 1. The number of carbonyl (C=O) groups is 1. The second-order valence-electron chi connectivity index (χ2n) is 4.04. The number of rotatable bonds is 6. The lowest BCUT2D eigenvalue weighted by molar-refractivity contribution is 0.0937. The van der Waals surface area contributed by atoms with E-state index in [1.54, 1.807) is 0 Å². The van der Waals surface area contributed by atoms with Crippen LogP contribution in [0.2, 0.25) is 0 Å². The number of nitrogen functional groups attached to an aromatic ring is 1. The topological polar surface area (TPSA) is 99.9 Å². The van der Waals surface area contributed by atoms with Gasteiger partial charge in [0.25, 0.3) is 5.91 Å². The standard InChI is InChI=1S/C10H20N6O/c1-4-7(2)16(3)6-5-12-9(17)8-13-10(11)15-14-8/h7H,4-6H2,1-3H3,(H,12,17)(H3,11,13,14,15). The number of likely N-dealkylation sites (N-methyl/N-ethyl adjacent to an activating group) is 1. The Balaban J connectivity index is 2.30. The van der Waals surface area contributed by atoms with Crippen LogP contribution in [0.5, 0.6) is 0 Å². The van der Waals surface area contributed by atoms with Crippen molar-refractivity contribution in [1.29, 1.82) is 0 Å². The molecule has 0 aliphatic carbocycles. The molecule has 0 spiro atoms. The van der Waals surface area contributed by atoms with Gasteiger partial charge in [0.15, 0.2) is 0 Å². The van der Waals surface area contributed by atoms with Gasteiger partial charge in [-0.1, -0.05) is 6.92 Å². The van der Waals surface area contributed by atoms with Gasteiger partial charge in [-0.3, -0.25) is 9.89 Å². The van der Waals surface area contributed by atoms with Crippen LogP contribution in [-0.4, -0.2) is 52.2 Å². The summed E-state index contributed by atoms with van der Waals surface area (Å²) in [6.45, 7) is 5.65. The molecule has 1 atom stereocenters. The molecule has 1 rings (SSSR count). The smallest absolute Gasteiger partial charge is 0.288 e. The van der Waals surface area contributed by atoms with Gasteiger partial charge in [0.05, 0.1) is 0 Å². The minimum absolute atomic E-state index is 0.0758. The third-order valence-electron chi connectivity index (χ3n) is 2.81. The van der Waals surface area contributed by atoms with Crippen LogP contribution in [0, 0.1) is 0 Å². The number of anilines is 1. The molecule has 0 fully saturated rings. The SMILES string of the molecule is CCC(C)N(C)CCNC(=O)c1nc(N)n[nH]1. The van der Waals surface area contributed by atoms with Gasteiger partial charge in [0, 0.05) is 19.1 Å². The van der Waals surface area contributed by atoms with Crippen LogP contribution >= 0.6 is 0 Å². The lowest BCUT2D eigenvalue weighted by Crippen LogP contribution is -2.37. The molecule has 0 bridgehead atoms. The highest BCUT2D eigenvalue weighted by Crippen LogP contribution is 1.98. The van der Waals surface area contributed by atoms with Gasteiger partial charge in [0.2, 0.25) is 11.8 Å². The molecule has 0 saturated carbocycles. The minimum atomic E-state index is -0.285. The molecule has 0 radical (unpaired) electrons. The second-order valence-corrected chi connectivity index (χ2v) is 4.04. The Bertz CT molecular complexity index is 363. The van der Waals surface area contributed by atoms with E-state index in [2.05, 4.69) is 39.2 Å². The van der Waals surface area contributed by atoms with Crippen molar-refractivity contribution >= 4 is 11.9 Å². The number of nitrogens with one attached hydrogen (secondary N) is 2. The van der Waals surface area contributed by atoms with Crippen LogP contribution in [0.1, 0.15) is 30.9 Å². The molecule has 1 aromatic rings. The molecule has 7 heteroatoms. The van der Waals surface area contributed by atoms with E-state index in [0.717, 1.165) is 13.0 Å². The Morgan fingerprint density at radius 3 is 2.88 bits per heavy atom. The van der Waals surface area contributed by atoms with Gasteiger partial charge in [0.1, 0.15) is 0 Å². The van der Waals surface area contributed by atoms with E-state index in [-0.39, 0.29) is 17.7 Å². The monoisotopic (exact) mass is 240 g/mol. The molecule has 7 nitrogen and oxygen atoms in total. The molecule has 1 amide bonds. The number of nitrogens with two attached hydrogens (primary N) is 1.